The first-order valence-electron chi connectivity index (χ1n) is 11.6. The van der Waals surface area contributed by atoms with Gasteiger partial charge in [-0.25, -0.2) is 0 Å². The molecular formula is C23H42IN5O. The minimum absolute atomic E-state index is 0. The lowest BCUT2D eigenvalue weighted by Crippen LogP contribution is -2.47. The molecule has 0 amide bonds. The minimum atomic E-state index is 0. The van der Waals surface area contributed by atoms with Crippen molar-refractivity contribution in [3.05, 3.63) is 24.2 Å². The summed E-state index contributed by atoms with van der Waals surface area (Å²) >= 11 is 0. The maximum atomic E-state index is 5.77. The molecule has 2 N–H and O–H groups in total. The number of nitrogens with one attached hydrogen (secondary N) is 2. The number of aliphatic imine (C=N–C) groups is 1. The zero-order chi connectivity index (χ0) is 20.5. The maximum absolute atomic E-state index is 5.77. The summed E-state index contributed by atoms with van der Waals surface area (Å²) in [6.07, 6.45) is 8.29. The highest BCUT2D eigenvalue weighted by molar-refractivity contribution is 14.0. The molecule has 2 saturated heterocycles. The van der Waals surface area contributed by atoms with Crippen LogP contribution in [0.15, 0.2) is 27.8 Å². The van der Waals surface area contributed by atoms with Crippen LogP contribution < -0.4 is 10.6 Å². The summed E-state index contributed by atoms with van der Waals surface area (Å²) in [5.41, 5.74) is 0. The summed E-state index contributed by atoms with van der Waals surface area (Å²) < 4.78 is 5.77. The van der Waals surface area contributed by atoms with Crippen LogP contribution >= 0.6 is 24.0 Å². The monoisotopic (exact) mass is 531 g/mol. The van der Waals surface area contributed by atoms with Crippen LogP contribution in [0.25, 0.3) is 0 Å². The van der Waals surface area contributed by atoms with Gasteiger partial charge in [0.05, 0.1) is 12.3 Å². The van der Waals surface area contributed by atoms with E-state index < -0.39 is 0 Å². The predicted octanol–water partition coefficient (Wildman–Crippen LogP) is 3.96. The first-order valence-corrected chi connectivity index (χ1v) is 11.6. The van der Waals surface area contributed by atoms with Crippen molar-refractivity contribution in [1.82, 2.24) is 20.4 Å². The van der Waals surface area contributed by atoms with Gasteiger partial charge in [-0.2, -0.15) is 0 Å². The molecule has 2 unspecified atom stereocenters. The van der Waals surface area contributed by atoms with Crippen molar-refractivity contribution >= 4 is 29.9 Å². The summed E-state index contributed by atoms with van der Waals surface area (Å²) in [6, 6.07) is 4.36. The number of hydrogen-bond acceptors (Lipinski definition) is 4. The molecule has 0 aromatic carbocycles. The van der Waals surface area contributed by atoms with E-state index in [-0.39, 0.29) is 30.0 Å². The predicted molar refractivity (Wildman–Crippen MR) is 136 cm³/mol. The van der Waals surface area contributed by atoms with E-state index in [1.54, 1.807) is 6.26 Å². The molecule has 2 aliphatic rings. The van der Waals surface area contributed by atoms with Crippen LogP contribution in [0.1, 0.15) is 57.8 Å². The number of halogens is 1. The molecule has 2 fully saturated rings. The van der Waals surface area contributed by atoms with Crippen molar-refractivity contribution in [3.8, 4) is 0 Å². The zero-order valence-corrected chi connectivity index (χ0v) is 21.4. The molecule has 0 spiro atoms. The van der Waals surface area contributed by atoms with Crippen LogP contribution in [0, 0.1) is 11.8 Å². The van der Waals surface area contributed by atoms with Crippen molar-refractivity contribution < 1.29 is 4.42 Å². The second kappa shape index (κ2) is 13.6. The van der Waals surface area contributed by atoms with Crippen molar-refractivity contribution in [3.63, 3.8) is 0 Å². The molecule has 0 aliphatic carbocycles. The number of rotatable bonds is 8. The Morgan fingerprint density at radius 2 is 1.97 bits per heavy atom. The quantitative estimate of drug-likeness (QED) is 0.302. The van der Waals surface area contributed by atoms with E-state index >= 15 is 0 Å². The second-order valence-electron chi connectivity index (χ2n) is 9.12. The molecule has 6 nitrogen and oxygen atoms in total. The van der Waals surface area contributed by atoms with Crippen LogP contribution in [0.2, 0.25) is 0 Å². The maximum Gasteiger partial charge on any atom is 0.191 e. The Hall–Kier alpha value is -0.800. The fourth-order valence-electron chi connectivity index (χ4n) is 4.78. The lowest BCUT2D eigenvalue weighted by atomic mass is 9.97. The van der Waals surface area contributed by atoms with Gasteiger partial charge in [0, 0.05) is 33.2 Å². The van der Waals surface area contributed by atoms with Crippen molar-refractivity contribution in [2.24, 2.45) is 16.8 Å². The Labute approximate surface area is 200 Å². The molecule has 3 rings (SSSR count). The van der Waals surface area contributed by atoms with E-state index in [9.17, 15) is 0 Å². The van der Waals surface area contributed by atoms with Crippen molar-refractivity contribution in [2.45, 2.75) is 52.0 Å². The fraction of sp³-hybridized carbons (Fsp3) is 0.783. The van der Waals surface area contributed by atoms with Crippen LogP contribution in [0.4, 0.5) is 0 Å². The van der Waals surface area contributed by atoms with Gasteiger partial charge in [-0.15, -0.1) is 24.0 Å². The highest BCUT2D eigenvalue weighted by atomic mass is 127. The number of likely N-dealkylation sites (tertiary alicyclic amines) is 2. The molecular weight excluding hydrogens is 489 g/mol. The third kappa shape index (κ3) is 8.04. The van der Waals surface area contributed by atoms with Gasteiger partial charge in [-0.1, -0.05) is 20.3 Å². The van der Waals surface area contributed by atoms with Gasteiger partial charge in [0.2, 0.25) is 0 Å². The number of piperidine rings is 2. The molecule has 172 valence electrons. The summed E-state index contributed by atoms with van der Waals surface area (Å²) in [5, 5.41) is 7.14. The Kier molecular flexibility index (Phi) is 11.5. The van der Waals surface area contributed by atoms with Gasteiger partial charge >= 0.3 is 0 Å². The first-order chi connectivity index (χ1) is 14.2. The Morgan fingerprint density at radius 3 is 2.63 bits per heavy atom. The van der Waals surface area contributed by atoms with Gasteiger partial charge < -0.3 is 20.0 Å². The van der Waals surface area contributed by atoms with Crippen LogP contribution in [0.5, 0.6) is 0 Å². The molecule has 0 radical (unpaired) electrons. The lowest BCUT2D eigenvalue weighted by Gasteiger charge is -2.35. The van der Waals surface area contributed by atoms with E-state index in [2.05, 4.69) is 45.3 Å². The molecule has 1 aromatic rings. The first kappa shape index (κ1) is 25.5. The standard InChI is InChI=1S/C23H41N5O.HI/c1-19(2)17-27-11-7-9-20(18-27)15-25-23(24-3)26-16-21(22-10-8-14-29-22)28-12-5-4-6-13-28;/h8,10,14,19-21H,4-7,9,11-13,15-18H2,1-3H3,(H2,24,25,26);1H. The smallest absolute Gasteiger partial charge is 0.191 e. The van der Waals surface area contributed by atoms with Crippen LogP contribution in [0.3, 0.4) is 0 Å². The van der Waals surface area contributed by atoms with Crippen LogP contribution in [-0.2, 0) is 0 Å². The molecule has 30 heavy (non-hydrogen) atoms. The third-order valence-electron chi connectivity index (χ3n) is 6.17. The second-order valence-corrected chi connectivity index (χ2v) is 9.12. The number of guanidine groups is 1. The molecule has 0 bridgehead atoms. The molecule has 1 aromatic heterocycles. The number of hydrogen-bond donors (Lipinski definition) is 2. The Bertz CT molecular complexity index is 601. The SMILES string of the molecule is CN=C(NCC1CCCN(CC(C)C)C1)NCC(c1ccco1)N1CCCCC1.I. The van der Waals surface area contributed by atoms with Gasteiger partial charge in [-0.05, 0) is 69.3 Å². The summed E-state index contributed by atoms with van der Waals surface area (Å²) in [7, 11) is 1.87. The van der Waals surface area contributed by atoms with E-state index in [1.165, 1.54) is 51.7 Å². The summed E-state index contributed by atoms with van der Waals surface area (Å²) in [4.78, 5) is 9.64. The Balaban J connectivity index is 0.00000320. The average molecular weight is 532 g/mol. The third-order valence-corrected chi connectivity index (χ3v) is 6.17. The fourth-order valence-corrected chi connectivity index (χ4v) is 4.78. The summed E-state index contributed by atoms with van der Waals surface area (Å²) in [5.74, 6) is 3.39. The molecule has 2 atom stereocenters. The molecule has 3 heterocycles. The van der Waals surface area contributed by atoms with Gasteiger partial charge in [0.1, 0.15) is 5.76 Å². The molecule has 7 heteroatoms. The highest BCUT2D eigenvalue weighted by Crippen LogP contribution is 2.24. The zero-order valence-electron chi connectivity index (χ0n) is 19.1. The van der Waals surface area contributed by atoms with Gasteiger partial charge in [-0.3, -0.25) is 9.89 Å². The molecule has 0 saturated carbocycles. The largest absolute Gasteiger partial charge is 0.468 e. The molecule has 2 aliphatic heterocycles. The van der Waals surface area contributed by atoms with E-state index in [1.807, 2.05) is 13.1 Å². The number of nitrogens with zero attached hydrogens (tertiary/aromatic N) is 3. The van der Waals surface area contributed by atoms with Crippen LogP contribution in [-0.4, -0.2) is 68.6 Å². The highest BCUT2D eigenvalue weighted by Gasteiger charge is 2.25. The Morgan fingerprint density at radius 1 is 1.17 bits per heavy atom. The topological polar surface area (TPSA) is 56.0 Å². The average Bonchev–Trinajstić information content (AvgIpc) is 3.25. The van der Waals surface area contributed by atoms with Crippen molar-refractivity contribution in [1.29, 1.82) is 0 Å². The minimum Gasteiger partial charge on any atom is -0.468 e. The van der Waals surface area contributed by atoms with Gasteiger partial charge in [0.25, 0.3) is 0 Å². The van der Waals surface area contributed by atoms with E-state index in [0.717, 1.165) is 43.8 Å². The lowest BCUT2D eigenvalue weighted by molar-refractivity contribution is 0.146. The van der Waals surface area contributed by atoms with E-state index in [4.69, 9.17) is 4.42 Å². The van der Waals surface area contributed by atoms with E-state index in [0.29, 0.717) is 5.92 Å². The number of furan rings is 1. The van der Waals surface area contributed by atoms with Gasteiger partial charge in [0.15, 0.2) is 5.96 Å². The van der Waals surface area contributed by atoms with Crippen molar-refractivity contribution in [2.75, 3.05) is 52.9 Å². The normalized spacial score (nSPS) is 22.5. The summed E-state index contributed by atoms with van der Waals surface area (Å²) in [6.45, 7) is 12.4.